The topological polar surface area (TPSA) is 37.6 Å². The number of rotatable bonds is 7. The number of methoxy groups -OCH3 is 1. The molecule has 114 valence electrons. The van der Waals surface area contributed by atoms with Gasteiger partial charge < -0.3 is 19.4 Å². The zero-order chi connectivity index (χ0) is 15.2. The fraction of sp³-hybridized carbons (Fsp3) is 0.412. The van der Waals surface area contributed by atoms with Crippen LogP contribution < -0.4 is 15.0 Å². The van der Waals surface area contributed by atoms with Crippen LogP contribution in [0.15, 0.2) is 41.0 Å². The van der Waals surface area contributed by atoms with Crippen LogP contribution in [0.4, 0.5) is 5.69 Å². The van der Waals surface area contributed by atoms with E-state index in [4.69, 9.17) is 9.15 Å². The molecule has 0 aliphatic rings. The predicted molar refractivity (Wildman–Crippen MR) is 85.8 cm³/mol. The van der Waals surface area contributed by atoms with E-state index in [0.29, 0.717) is 6.04 Å². The van der Waals surface area contributed by atoms with Crippen molar-refractivity contribution in [1.29, 1.82) is 0 Å². The van der Waals surface area contributed by atoms with E-state index in [1.165, 1.54) is 5.56 Å². The van der Waals surface area contributed by atoms with Gasteiger partial charge >= 0.3 is 0 Å². The molecule has 1 aromatic heterocycles. The molecule has 0 radical (unpaired) electrons. The first-order chi connectivity index (χ1) is 10.1. The Labute approximate surface area is 126 Å². The van der Waals surface area contributed by atoms with Gasteiger partial charge in [0.1, 0.15) is 11.5 Å². The van der Waals surface area contributed by atoms with Crippen LogP contribution in [0, 0.1) is 0 Å². The van der Waals surface area contributed by atoms with Gasteiger partial charge in [-0.1, -0.05) is 19.9 Å². The molecule has 0 unspecified atom stereocenters. The maximum absolute atomic E-state index is 5.63. The number of furan rings is 1. The molecule has 0 saturated carbocycles. The standard InChI is InChI=1S/C17H24N2O2/c1-13(2)18-11-14-8-9-21-17(14)12-19(3)15-6-5-7-16(10-15)20-4/h5-10,13,18H,11-12H2,1-4H3. The summed E-state index contributed by atoms with van der Waals surface area (Å²) in [6.45, 7) is 5.84. The van der Waals surface area contributed by atoms with Crippen molar-refractivity contribution < 1.29 is 9.15 Å². The molecule has 21 heavy (non-hydrogen) atoms. The molecular weight excluding hydrogens is 264 g/mol. The Morgan fingerprint density at radius 2 is 2.10 bits per heavy atom. The van der Waals surface area contributed by atoms with Crippen LogP contribution in [0.3, 0.4) is 0 Å². The first-order valence-electron chi connectivity index (χ1n) is 7.24. The molecule has 2 rings (SSSR count). The van der Waals surface area contributed by atoms with Gasteiger partial charge in [-0.3, -0.25) is 0 Å². The first-order valence-corrected chi connectivity index (χ1v) is 7.24. The van der Waals surface area contributed by atoms with Crippen LogP contribution in [0.2, 0.25) is 0 Å². The lowest BCUT2D eigenvalue weighted by molar-refractivity contribution is 0.414. The van der Waals surface area contributed by atoms with Crippen molar-refractivity contribution in [3.8, 4) is 5.75 Å². The fourth-order valence-corrected chi connectivity index (χ4v) is 2.13. The Balaban J connectivity index is 2.05. The lowest BCUT2D eigenvalue weighted by Crippen LogP contribution is -2.23. The van der Waals surface area contributed by atoms with Crippen molar-refractivity contribution >= 4 is 5.69 Å². The smallest absolute Gasteiger partial charge is 0.127 e. The number of nitrogens with zero attached hydrogens (tertiary/aromatic N) is 1. The van der Waals surface area contributed by atoms with Crippen molar-refractivity contribution in [2.24, 2.45) is 0 Å². The number of hydrogen-bond donors (Lipinski definition) is 1. The van der Waals surface area contributed by atoms with E-state index in [9.17, 15) is 0 Å². The maximum Gasteiger partial charge on any atom is 0.127 e. The van der Waals surface area contributed by atoms with E-state index >= 15 is 0 Å². The zero-order valence-corrected chi connectivity index (χ0v) is 13.2. The summed E-state index contributed by atoms with van der Waals surface area (Å²) in [6, 6.07) is 10.5. The second-order valence-corrected chi connectivity index (χ2v) is 5.46. The summed E-state index contributed by atoms with van der Waals surface area (Å²) in [4.78, 5) is 2.15. The Bertz CT molecular complexity index is 563. The number of anilines is 1. The molecule has 0 spiro atoms. The van der Waals surface area contributed by atoms with E-state index in [2.05, 4.69) is 37.2 Å². The third-order valence-corrected chi connectivity index (χ3v) is 3.41. The Kier molecular flexibility index (Phi) is 5.28. The summed E-state index contributed by atoms with van der Waals surface area (Å²) in [7, 11) is 3.73. The minimum Gasteiger partial charge on any atom is -0.497 e. The number of nitrogens with one attached hydrogen (secondary N) is 1. The summed E-state index contributed by atoms with van der Waals surface area (Å²) >= 11 is 0. The second kappa shape index (κ2) is 7.18. The Morgan fingerprint density at radius 1 is 1.29 bits per heavy atom. The average Bonchev–Trinajstić information content (AvgIpc) is 2.92. The van der Waals surface area contributed by atoms with Crippen LogP contribution in [-0.4, -0.2) is 20.2 Å². The quantitative estimate of drug-likeness (QED) is 0.847. The fourth-order valence-electron chi connectivity index (χ4n) is 2.13. The number of ether oxygens (including phenoxy) is 1. The lowest BCUT2D eigenvalue weighted by Gasteiger charge is -2.19. The third-order valence-electron chi connectivity index (χ3n) is 3.41. The summed E-state index contributed by atoms with van der Waals surface area (Å²) in [6.07, 6.45) is 1.76. The minimum atomic E-state index is 0.462. The molecule has 0 saturated heterocycles. The first kappa shape index (κ1) is 15.4. The lowest BCUT2D eigenvalue weighted by atomic mass is 10.2. The van der Waals surface area contributed by atoms with E-state index in [1.807, 2.05) is 24.3 Å². The van der Waals surface area contributed by atoms with Crippen molar-refractivity contribution in [2.75, 3.05) is 19.1 Å². The predicted octanol–water partition coefficient (Wildman–Crippen LogP) is 3.42. The third kappa shape index (κ3) is 4.26. The van der Waals surface area contributed by atoms with Gasteiger partial charge in [0.25, 0.3) is 0 Å². The summed E-state index contributed by atoms with van der Waals surface area (Å²) in [5.41, 5.74) is 2.31. The van der Waals surface area contributed by atoms with Gasteiger partial charge in [0.15, 0.2) is 0 Å². The van der Waals surface area contributed by atoms with Crippen molar-refractivity contribution in [2.45, 2.75) is 33.0 Å². The summed E-state index contributed by atoms with van der Waals surface area (Å²) < 4.78 is 10.9. The highest BCUT2D eigenvalue weighted by Crippen LogP contribution is 2.22. The molecule has 4 nitrogen and oxygen atoms in total. The highest BCUT2D eigenvalue weighted by Gasteiger charge is 2.10. The Hall–Kier alpha value is -1.94. The van der Waals surface area contributed by atoms with E-state index < -0.39 is 0 Å². The molecule has 0 amide bonds. The normalized spacial score (nSPS) is 10.9. The van der Waals surface area contributed by atoms with Crippen molar-refractivity contribution in [1.82, 2.24) is 5.32 Å². The van der Waals surface area contributed by atoms with Crippen LogP contribution in [0.1, 0.15) is 25.2 Å². The van der Waals surface area contributed by atoms with Crippen LogP contribution in [0.25, 0.3) is 0 Å². The number of benzene rings is 1. The van der Waals surface area contributed by atoms with Crippen LogP contribution in [-0.2, 0) is 13.1 Å². The van der Waals surface area contributed by atoms with E-state index in [1.54, 1.807) is 13.4 Å². The second-order valence-electron chi connectivity index (χ2n) is 5.46. The van der Waals surface area contributed by atoms with Crippen molar-refractivity contribution in [3.05, 3.63) is 47.9 Å². The molecular formula is C17H24N2O2. The molecule has 0 bridgehead atoms. The molecule has 4 heteroatoms. The van der Waals surface area contributed by atoms with E-state index in [0.717, 1.165) is 30.3 Å². The molecule has 0 aliphatic carbocycles. The van der Waals surface area contributed by atoms with Gasteiger partial charge in [0.2, 0.25) is 0 Å². The highest BCUT2D eigenvalue weighted by atomic mass is 16.5. The molecule has 0 atom stereocenters. The van der Waals surface area contributed by atoms with Crippen molar-refractivity contribution in [3.63, 3.8) is 0 Å². The Morgan fingerprint density at radius 3 is 2.81 bits per heavy atom. The summed E-state index contributed by atoms with van der Waals surface area (Å²) in [5, 5.41) is 3.42. The molecule has 0 fully saturated rings. The SMILES string of the molecule is COc1cccc(N(C)Cc2occc2CNC(C)C)c1. The average molecular weight is 288 g/mol. The molecule has 1 heterocycles. The molecule has 0 aliphatic heterocycles. The van der Waals surface area contributed by atoms with Crippen LogP contribution >= 0.6 is 0 Å². The van der Waals surface area contributed by atoms with Gasteiger partial charge in [-0.15, -0.1) is 0 Å². The highest BCUT2D eigenvalue weighted by molar-refractivity contribution is 5.50. The molecule has 1 aromatic carbocycles. The van der Waals surface area contributed by atoms with Gasteiger partial charge in [0, 0.05) is 37.0 Å². The maximum atomic E-state index is 5.63. The monoisotopic (exact) mass is 288 g/mol. The van der Waals surface area contributed by atoms with E-state index in [-0.39, 0.29) is 0 Å². The van der Waals surface area contributed by atoms with Gasteiger partial charge in [-0.05, 0) is 18.2 Å². The largest absolute Gasteiger partial charge is 0.497 e. The van der Waals surface area contributed by atoms with Gasteiger partial charge in [0.05, 0.1) is 19.9 Å². The molecule has 2 aromatic rings. The van der Waals surface area contributed by atoms with Gasteiger partial charge in [-0.25, -0.2) is 0 Å². The van der Waals surface area contributed by atoms with Crippen LogP contribution in [0.5, 0.6) is 5.75 Å². The minimum absolute atomic E-state index is 0.462. The zero-order valence-electron chi connectivity index (χ0n) is 13.2. The molecule has 1 N–H and O–H groups in total. The summed E-state index contributed by atoms with van der Waals surface area (Å²) in [5.74, 6) is 1.86. The van der Waals surface area contributed by atoms with Gasteiger partial charge in [-0.2, -0.15) is 0 Å². The number of hydrogen-bond acceptors (Lipinski definition) is 4.